The minimum absolute atomic E-state index is 0.372. The first-order valence-corrected chi connectivity index (χ1v) is 6.03. The molecule has 0 radical (unpaired) electrons. The highest BCUT2D eigenvalue weighted by Crippen LogP contribution is 2.12. The highest BCUT2D eigenvalue weighted by molar-refractivity contribution is 5.94. The zero-order valence-corrected chi connectivity index (χ0v) is 11.4. The molecule has 1 N–H and O–H groups in total. The molecule has 0 unspecified atom stereocenters. The molecule has 0 atom stereocenters. The fourth-order valence-electron chi connectivity index (χ4n) is 1.43. The number of carbonyl (C=O) groups is 1. The van der Waals surface area contributed by atoms with E-state index in [2.05, 4.69) is 36.1 Å². The molecule has 0 amide bonds. The van der Waals surface area contributed by atoms with Crippen LogP contribution in [0, 0.1) is 0 Å². The van der Waals surface area contributed by atoms with Gasteiger partial charge in [0, 0.05) is 25.3 Å². The van der Waals surface area contributed by atoms with Crippen molar-refractivity contribution in [3.05, 3.63) is 23.9 Å². The van der Waals surface area contributed by atoms with E-state index in [1.54, 1.807) is 18.3 Å². The van der Waals surface area contributed by atoms with Crippen LogP contribution in [-0.2, 0) is 4.74 Å². The molecule has 1 heterocycles. The van der Waals surface area contributed by atoms with Crippen LogP contribution < -0.4 is 5.32 Å². The average molecular weight is 251 g/mol. The van der Waals surface area contributed by atoms with Crippen LogP contribution in [0.2, 0.25) is 0 Å². The first-order chi connectivity index (χ1) is 8.56. The molecule has 0 aromatic carbocycles. The van der Waals surface area contributed by atoms with Crippen LogP contribution in [0.5, 0.6) is 0 Å². The van der Waals surface area contributed by atoms with Crippen molar-refractivity contribution < 1.29 is 9.53 Å². The minimum atomic E-state index is -0.372. The number of hydrogen-bond acceptors (Lipinski definition) is 5. The smallest absolute Gasteiger partial charge is 0.341 e. The Morgan fingerprint density at radius 1 is 1.56 bits per heavy atom. The van der Waals surface area contributed by atoms with Gasteiger partial charge in [-0.15, -0.1) is 0 Å². The molecule has 1 aromatic rings. The zero-order chi connectivity index (χ0) is 13.5. The summed E-state index contributed by atoms with van der Waals surface area (Å²) in [5, 5.41) is 3.16. The standard InChI is InChI=1S/C13H21N3O2/c1-10(2)16(3)9-8-15-12-11(13(17)18-4)6-5-7-14-12/h5-7,10H,8-9H2,1-4H3,(H,14,15). The molecule has 100 valence electrons. The molecule has 0 aliphatic carbocycles. The van der Waals surface area contributed by atoms with Gasteiger partial charge in [0.25, 0.3) is 0 Å². The summed E-state index contributed by atoms with van der Waals surface area (Å²) in [6, 6.07) is 3.92. The van der Waals surface area contributed by atoms with E-state index in [0.717, 1.165) is 13.1 Å². The molecular formula is C13H21N3O2. The predicted molar refractivity (Wildman–Crippen MR) is 71.8 cm³/mol. The topological polar surface area (TPSA) is 54.5 Å². The van der Waals surface area contributed by atoms with Gasteiger partial charge in [0.15, 0.2) is 0 Å². The van der Waals surface area contributed by atoms with Gasteiger partial charge >= 0.3 is 5.97 Å². The number of likely N-dealkylation sites (N-methyl/N-ethyl adjacent to an activating group) is 1. The summed E-state index contributed by atoms with van der Waals surface area (Å²) in [5.74, 6) is 0.198. The summed E-state index contributed by atoms with van der Waals surface area (Å²) < 4.78 is 4.71. The van der Waals surface area contributed by atoms with Crippen LogP contribution in [0.1, 0.15) is 24.2 Å². The lowest BCUT2D eigenvalue weighted by molar-refractivity contribution is 0.0601. The molecule has 0 spiro atoms. The van der Waals surface area contributed by atoms with Gasteiger partial charge in [-0.1, -0.05) is 0 Å². The maximum absolute atomic E-state index is 11.5. The molecule has 18 heavy (non-hydrogen) atoms. The largest absolute Gasteiger partial charge is 0.465 e. The molecule has 0 saturated heterocycles. The molecule has 0 aliphatic rings. The van der Waals surface area contributed by atoms with Gasteiger partial charge in [0.05, 0.1) is 7.11 Å². The number of nitrogens with one attached hydrogen (secondary N) is 1. The van der Waals surface area contributed by atoms with Gasteiger partial charge < -0.3 is 15.0 Å². The Hall–Kier alpha value is -1.62. The molecular weight excluding hydrogens is 230 g/mol. The fraction of sp³-hybridized carbons (Fsp3) is 0.538. The summed E-state index contributed by atoms with van der Waals surface area (Å²) >= 11 is 0. The van der Waals surface area contributed by atoms with Crippen molar-refractivity contribution in [1.82, 2.24) is 9.88 Å². The third kappa shape index (κ3) is 4.00. The van der Waals surface area contributed by atoms with E-state index in [4.69, 9.17) is 4.74 Å². The Bertz CT molecular complexity index is 394. The van der Waals surface area contributed by atoms with Crippen molar-refractivity contribution in [3.63, 3.8) is 0 Å². The van der Waals surface area contributed by atoms with Gasteiger partial charge in [0.2, 0.25) is 0 Å². The van der Waals surface area contributed by atoms with E-state index in [9.17, 15) is 4.79 Å². The number of nitrogens with zero attached hydrogens (tertiary/aromatic N) is 2. The van der Waals surface area contributed by atoms with Crippen LogP contribution >= 0.6 is 0 Å². The van der Waals surface area contributed by atoms with Gasteiger partial charge in [-0.25, -0.2) is 9.78 Å². The van der Waals surface area contributed by atoms with Gasteiger partial charge in [0.1, 0.15) is 11.4 Å². The van der Waals surface area contributed by atoms with Crippen LogP contribution in [0.25, 0.3) is 0 Å². The summed E-state index contributed by atoms with van der Waals surface area (Å²) in [7, 11) is 3.43. The fourth-order valence-corrected chi connectivity index (χ4v) is 1.43. The Morgan fingerprint density at radius 3 is 2.89 bits per heavy atom. The Labute approximate surface area is 108 Å². The van der Waals surface area contributed by atoms with Crippen LogP contribution in [-0.4, -0.2) is 49.1 Å². The maximum atomic E-state index is 11.5. The lowest BCUT2D eigenvalue weighted by Gasteiger charge is -2.21. The number of rotatable bonds is 6. The van der Waals surface area contributed by atoms with E-state index >= 15 is 0 Å². The number of ether oxygens (including phenoxy) is 1. The van der Waals surface area contributed by atoms with Crippen molar-refractivity contribution in [1.29, 1.82) is 0 Å². The Kier molecular flexibility index (Phi) is 5.58. The quantitative estimate of drug-likeness (QED) is 0.779. The summed E-state index contributed by atoms with van der Waals surface area (Å²) in [6.45, 7) is 5.89. The molecule has 0 fully saturated rings. The number of esters is 1. The van der Waals surface area contributed by atoms with E-state index in [-0.39, 0.29) is 5.97 Å². The van der Waals surface area contributed by atoms with Crippen LogP contribution in [0.4, 0.5) is 5.82 Å². The first-order valence-electron chi connectivity index (χ1n) is 6.03. The van der Waals surface area contributed by atoms with Gasteiger partial charge in [-0.3, -0.25) is 0 Å². The van der Waals surface area contributed by atoms with E-state index in [1.807, 2.05) is 0 Å². The van der Waals surface area contributed by atoms with Crippen molar-refractivity contribution in [2.24, 2.45) is 0 Å². The van der Waals surface area contributed by atoms with Crippen molar-refractivity contribution >= 4 is 11.8 Å². The Balaban J connectivity index is 2.59. The number of pyridine rings is 1. The molecule has 5 nitrogen and oxygen atoms in total. The van der Waals surface area contributed by atoms with Crippen molar-refractivity contribution in [2.45, 2.75) is 19.9 Å². The SMILES string of the molecule is COC(=O)c1cccnc1NCCN(C)C(C)C. The second-order valence-corrected chi connectivity index (χ2v) is 4.39. The summed E-state index contributed by atoms with van der Waals surface area (Å²) in [5.41, 5.74) is 0.465. The van der Waals surface area contributed by atoms with Gasteiger partial charge in [-0.05, 0) is 33.0 Å². The molecule has 0 aliphatic heterocycles. The lowest BCUT2D eigenvalue weighted by Crippen LogP contribution is -2.31. The average Bonchev–Trinajstić information content (AvgIpc) is 2.38. The minimum Gasteiger partial charge on any atom is -0.465 e. The van der Waals surface area contributed by atoms with E-state index in [0.29, 0.717) is 17.4 Å². The summed E-state index contributed by atoms with van der Waals surface area (Å²) in [4.78, 5) is 17.9. The monoisotopic (exact) mass is 251 g/mol. The number of aromatic nitrogens is 1. The number of anilines is 1. The molecule has 1 aromatic heterocycles. The zero-order valence-electron chi connectivity index (χ0n) is 11.4. The predicted octanol–water partition coefficient (Wildman–Crippen LogP) is 1.62. The third-order valence-electron chi connectivity index (χ3n) is 2.85. The second kappa shape index (κ2) is 6.96. The van der Waals surface area contributed by atoms with E-state index < -0.39 is 0 Å². The number of methoxy groups -OCH3 is 1. The molecule has 0 saturated carbocycles. The van der Waals surface area contributed by atoms with Crippen molar-refractivity contribution in [2.75, 3.05) is 32.6 Å². The second-order valence-electron chi connectivity index (χ2n) is 4.39. The number of carbonyl (C=O) groups excluding carboxylic acids is 1. The van der Waals surface area contributed by atoms with Crippen LogP contribution in [0.15, 0.2) is 18.3 Å². The maximum Gasteiger partial charge on any atom is 0.341 e. The highest BCUT2D eigenvalue weighted by atomic mass is 16.5. The van der Waals surface area contributed by atoms with Crippen molar-refractivity contribution in [3.8, 4) is 0 Å². The normalized spacial score (nSPS) is 10.8. The third-order valence-corrected chi connectivity index (χ3v) is 2.85. The van der Waals surface area contributed by atoms with Crippen LogP contribution in [0.3, 0.4) is 0 Å². The van der Waals surface area contributed by atoms with E-state index in [1.165, 1.54) is 7.11 Å². The highest BCUT2D eigenvalue weighted by Gasteiger charge is 2.12. The summed E-state index contributed by atoms with van der Waals surface area (Å²) in [6.07, 6.45) is 1.65. The van der Waals surface area contributed by atoms with Gasteiger partial charge in [-0.2, -0.15) is 0 Å². The number of hydrogen-bond donors (Lipinski definition) is 1. The Morgan fingerprint density at radius 2 is 2.28 bits per heavy atom. The molecule has 1 rings (SSSR count). The lowest BCUT2D eigenvalue weighted by atomic mass is 10.2. The molecule has 0 bridgehead atoms. The first kappa shape index (κ1) is 14.4. The molecule has 5 heteroatoms.